The zero-order chi connectivity index (χ0) is 10.9. The van der Waals surface area contributed by atoms with Gasteiger partial charge < -0.3 is 10.2 Å². The summed E-state index contributed by atoms with van der Waals surface area (Å²) >= 11 is 2.97. The van der Waals surface area contributed by atoms with Gasteiger partial charge in [0.25, 0.3) is 0 Å². The fourth-order valence-corrected chi connectivity index (χ4v) is 1.27. The highest BCUT2D eigenvalue weighted by Gasteiger charge is 2.40. The molecule has 0 aromatic heterocycles. The Hall–Kier alpha value is -0.750. The fraction of sp³-hybridized carbons (Fsp3) is 0.250. The van der Waals surface area contributed by atoms with Crippen molar-refractivity contribution < 1.29 is 23.4 Å². The highest BCUT2D eigenvalue weighted by molar-refractivity contribution is 9.10. The standard InChI is InChI=1S/C8H6BrF3O2/c9-4-1-2-5(6(13)3-4)7(14)8(10,11)12/h1-3,7,13-14H. The first-order chi connectivity index (χ1) is 6.32. The number of aromatic hydroxyl groups is 1. The van der Waals surface area contributed by atoms with Gasteiger partial charge in [0.05, 0.1) is 0 Å². The summed E-state index contributed by atoms with van der Waals surface area (Å²) in [4.78, 5) is 0. The molecule has 0 spiro atoms. The van der Waals surface area contributed by atoms with E-state index in [2.05, 4.69) is 15.9 Å². The van der Waals surface area contributed by atoms with E-state index in [-0.39, 0.29) is 0 Å². The van der Waals surface area contributed by atoms with E-state index in [0.717, 1.165) is 12.1 Å². The zero-order valence-electron chi connectivity index (χ0n) is 6.72. The molecule has 0 heterocycles. The topological polar surface area (TPSA) is 40.5 Å². The summed E-state index contributed by atoms with van der Waals surface area (Å²) in [5.41, 5.74) is -0.555. The molecule has 14 heavy (non-hydrogen) atoms. The molecule has 0 saturated carbocycles. The molecule has 1 aromatic rings. The third-order valence-electron chi connectivity index (χ3n) is 1.60. The van der Waals surface area contributed by atoms with E-state index in [1.165, 1.54) is 6.07 Å². The van der Waals surface area contributed by atoms with Crippen molar-refractivity contribution in [3.05, 3.63) is 28.2 Å². The second-order valence-corrected chi connectivity index (χ2v) is 3.56. The van der Waals surface area contributed by atoms with Gasteiger partial charge in [0, 0.05) is 10.0 Å². The highest BCUT2D eigenvalue weighted by atomic mass is 79.9. The molecule has 2 N–H and O–H groups in total. The predicted molar refractivity (Wildman–Crippen MR) is 46.8 cm³/mol. The number of phenolic OH excluding ortho intramolecular Hbond substituents is 1. The van der Waals surface area contributed by atoms with Gasteiger partial charge in [0.2, 0.25) is 0 Å². The van der Waals surface area contributed by atoms with Crippen LogP contribution in [0, 0.1) is 0 Å². The largest absolute Gasteiger partial charge is 0.508 e. The van der Waals surface area contributed by atoms with Crippen LogP contribution in [0.15, 0.2) is 22.7 Å². The Morgan fingerprint density at radius 3 is 2.29 bits per heavy atom. The van der Waals surface area contributed by atoms with Crippen LogP contribution in [0.25, 0.3) is 0 Å². The molecule has 0 bridgehead atoms. The van der Waals surface area contributed by atoms with Gasteiger partial charge in [-0.15, -0.1) is 0 Å². The van der Waals surface area contributed by atoms with Crippen LogP contribution in [-0.2, 0) is 0 Å². The molecule has 6 heteroatoms. The summed E-state index contributed by atoms with van der Waals surface area (Å²) in [7, 11) is 0. The maximum Gasteiger partial charge on any atom is 0.418 e. The van der Waals surface area contributed by atoms with E-state index in [0.29, 0.717) is 4.47 Å². The summed E-state index contributed by atoms with van der Waals surface area (Å²) in [6.07, 6.45) is -7.43. The first-order valence-electron chi connectivity index (χ1n) is 3.55. The smallest absolute Gasteiger partial charge is 0.418 e. The van der Waals surface area contributed by atoms with E-state index in [4.69, 9.17) is 10.2 Å². The molecule has 0 aliphatic carbocycles. The monoisotopic (exact) mass is 270 g/mol. The van der Waals surface area contributed by atoms with Crippen LogP contribution in [0.5, 0.6) is 5.75 Å². The Labute approximate surface area is 86.1 Å². The number of aliphatic hydroxyl groups excluding tert-OH is 1. The van der Waals surface area contributed by atoms with Gasteiger partial charge >= 0.3 is 6.18 Å². The summed E-state index contributed by atoms with van der Waals surface area (Å²) in [6, 6.07) is 3.41. The molecule has 1 unspecified atom stereocenters. The van der Waals surface area contributed by atoms with Crippen molar-refractivity contribution in [2.75, 3.05) is 0 Å². The van der Waals surface area contributed by atoms with E-state index in [1.54, 1.807) is 0 Å². The van der Waals surface area contributed by atoms with Crippen LogP contribution < -0.4 is 0 Å². The van der Waals surface area contributed by atoms with Crippen molar-refractivity contribution >= 4 is 15.9 Å². The van der Waals surface area contributed by atoms with Crippen molar-refractivity contribution in [1.29, 1.82) is 0 Å². The van der Waals surface area contributed by atoms with Crippen LogP contribution in [0.4, 0.5) is 13.2 Å². The van der Waals surface area contributed by atoms with Gasteiger partial charge in [-0.3, -0.25) is 0 Å². The third-order valence-corrected chi connectivity index (χ3v) is 2.09. The number of hydrogen-bond donors (Lipinski definition) is 2. The minimum absolute atomic E-state index is 0.438. The van der Waals surface area contributed by atoms with Crippen LogP contribution in [-0.4, -0.2) is 16.4 Å². The van der Waals surface area contributed by atoms with Gasteiger partial charge in [-0.25, -0.2) is 0 Å². The number of aliphatic hydroxyl groups is 1. The lowest BCUT2D eigenvalue weighted by atomic mass is 10.1. The van der Waals surface area contributed by atoms with Gasteiger partial charge in [0.15, 0.2) is 6.10 Å². The number of benzene rings is 1. The average molecular weight is 271 g/mol. The SMILES string of the molecule is Oc1cc(Br)ccc1C(O)C(F)(F)F. The first kappa shape index (κ1) is 11.3. The molecule has 0 aliphatic rings. The van der Waals surface area contributed by atoms with Crippen LogP contribution in [0.1, 0.15) is 11.7 Å². The second kappa shape index (κ2) is 3.78. The van der Waals surface area contributed by atoms with Gasteiger partial charge in [-0.1, -0.05) is 22.0 Å². The van der Waals surface area contributed by atoms with E-state index >= 15 is 0 Å². The Bertz CT molecular complexity index is 338. The zero-order valence-corrected chi connectivity index (χ0v) is 8.30. The van der Waals surface area contributed by atoms with Crippen LogP contribution >= 0.6 is 15.9 Å². The molecular formula is C8H6BrF3O2. The Morgan fingerprint density at radius 2 is 1.86 bits per heavy atom. The Kier molecular flexibility index (Phi) is 3.06. The molecule has 78 valence electrons. The maximum absolute atomic E-state index is 12.0. The fourth-order valence-electron chi connectivity index (χ4n) is 0.924. The van der Waals surface area contributed by atoms with E-state index in [9.17, 15) is 13.2 Å². The molecule has 0 saturated heterocycles. The minimum Gasteiger partial charge on any atom is -0.508 e. The molecular weight excluding hydrogens is 265 g/mol. The van der Waals surface area contributed by atoms with Crippen LogP contribution in [0.3, 0.4) is 0 Å². The van der Waals surface area contributed by atoms with Gasteiger partial charge in [-0.2, -0.15) is 13.2 Å². The normalized spacial score (nSPS) is 14.1. The Balaban J connectivity index is 3.08. The molecule has 1 rings (SSSR count). The number of rotatable bonds is 1. The minimum atomic E-state index is -4.77. The molecule has 0 fully saturated rings. The Morgan fingerprint density at radius 1 is 1.29 bits per heavy atom. The molecule has 0 amide bonds. The van der Waals surface area contributed by atoms with Crippen molar-refractivity contribution in [2.24, 2.45) is 0 Å². The quantitative estimate of drug-likeness (QED) is 0.824. The van der Waals surface area contributed by atoms with Crippen molar-refractivity contribution in [3.8, 4) is 5.75 Å². The highest BCUT2D eigenvalue weighted by Crippen LogP contribution is 2.37. The molecule has 1 atom stereocenters. The maximum atomic E-state index is 12.0. The van der Waals surface area contributed by atoms with Crippen molar-refractivity contribution in [2.45, 2.75) is 12.3 Å². The lowest BCUT2D eigenvalue weighted by Crippen LogP contribution is -2.20. The molecule has 0 aliphatic heterocycles. The van der Waals surface area contributed by atoms with Gasteiger partial charge in [0.1, 0.15) is 5.75 Å². The van der Waals surface area contributed by atoms with E-state index < -0.39 is 23.6 Å². The number of halogens is 4. The molecule has 2 nitrogen and oxygen atoms in total. The van der Waals surface area contributed by atoms with E-state index in [1.807, 2.05) is 0 Å². The summed E-state index contributed by atoms with van der Waals surface area (Å²) in [5, 5.41) is 18.0. The summed E-state index contributed by atoms with van der Waals surface area (Å²) in [6.45, 7) is 0. The number of hydrogen-bond acceptors (Lipinski definition) is 2. The lowest BCUT2D eigenvalue weighted by molar-refractivity contribution is -0.207. The van der Waals surface area contributed by atoms with Gasteiger partial charge in [-0.05, 0) is 12.1 Å². The second-order valence-electron chi connectivity index (χ2n) is 2.65. The van der Waals surface area contributed by atoms with Crippen molar-refractivity contribution in [1.82, 2.24) is 0 Å². The first-order valence-corrected chi connectivity index (χ1v) is 4.35. The molecule has 1 aromatic carbocycles. The lowest BCUT2D eigenvalue weighted by Gasteiger charge is -2.15. The van der Waals surface area contributed by atoms with Crippen LogP contribution in [0.2, 0.25) is 0 Å². The number of alkyl halides is 3. The third kappa shape index (κ3) is 2.39. The average Bonchev–Trinajstić information content (AvgIpc) is 2.01. The summed E-state index contributed by atoms with van der Waals surface area (Å²) < 4.78 is 36.6. The predicted octanol–water partition coefficient (Wildman–Crippen LogP) is 2.75. The number of phenols is 1. The van der Waals surface area contributed by atoms with Crippen molar-refractivity contribution in [3.63, 3.8) is 0 Å². The molecule has 0 radical (unpaired) electrons. The summed E-state index contributed by atoms with van der Waals surface area (Å²) in [5.74, 6) is -0.593.